The van der Waals surface area contributed by atoms with E-state index in [1.807, 2.05) is 26.0 Å². The number of hydrogen-bond donors (Lipinski definition) is 2. The Morgan fingerprint density at radius 2 is 2.12 bits per heavy atom. The van der Waals surface area contributed by atoms with Gasteiger partial charge in [-0.15, -0.1) is 0 Å². The molecule has 2 amide bonds. The van der Waals surface area contributed by atoms with Gasteiger partial charge in [-0.2, -0.15) is 0 Å². The molecular formula is C19H29N3O3. The van der Waals surface area contributed by atoms with Gasteiger partial charge < -0.3 is 20.3 Å². The lowest BCUT2D eigenvalue weighted by Crippen LogP contribution is -2.42. The number of aryl methyl sites for hydroxylation is 1. The Hall–Kier alpha value is -2.08. The van der Waals surface area contributed by atoms with Crippen LogP contribution in [0.2, 0.25) is 0 Å². The van der Waals surface area contributed by atoms with E-state index in [1.54, 1.807) is 6.07 Å². The Labute approximate surface area is 149 Å². The van der Waals surface area contributed by atoms with Gasteiger partial charge in [-0.25, -0.2) is 0 Å². The van der Waals surface area contributed by atoms with Crippen molar-refractivity contribution >= 4 is 17.5 Å². The van der Waals surface area contributed by atoms with Crippen molar-refractivity contribution in [3.05, 3.63) is 23.8 Å². The van der Waals surface area contributed by atoms with E-state index in [2.05, 4.69) is 22.6 Å². The van der Waals surface area contributed by atoms with Crippen LogP contribution in [0.4, 0.5) is 5.69 Å². The summed E-state index contributed by atoms with van der Waals surface area (Å²) in [7, 11) is 2.08. The van der Waals surface area contributed by atoms with Crippen molar-refractivity contribution in [1.29, 1.82) is 0 Å². The number of rotatable bonds is 6. The molecule has 1 fully saturated rings. The maximum Gasteiger partial charge on any atom is 0.313 e. The molecule has 1 aromatic rings. The second kappa shape index (κ2) is 9.42. The SMILES string of the molecule is CCCOc1cc(C)ccc1NC(=O)C(=O)NC[C@@H]1CCCN(C)C1. The van der Waals surface area contributed by atoms with Gasteiger partial charge in [0.15, 0.2) is 0 Å². The maximum atomic E-state index is 12.2. The summed E-state index contributed by atoms with van der Waals surface area (Å²) in [6.07, 6.45) is 3.08. The molecule has 1 saturated heterocycles. The predicted molar refractivity (Wildman–Crippen MR) is 98.8 cm³/mol. The summed E-state index contributed by atoms with van der Waals surface area (Å²) in [5.41, 5.74) is 1.56. The van der Waals surface area contributed by atoms with Gasteiger partial charge in [0.1, 0.15) is 5.75 Å². The van der Waals surface area contributed by atoms with Crippen LogP contribution in [0.1, 0.15) is 31.7 Å². The van der Waals surface area contributed by atoms with Crippen molar-refractivity contribution in [2.24, 2.45) is 5.92 Å². The summed E-state index contributed by atoms with van der Waals surface area (Å²) in [5, 5.41) is 5.41. The number of piperidine rings is 1. The normalized spacial score (nSPS) is 17.8. The van der Waals surface area contributed by atoms with Gasteiger partial charge >= 0.3 is 11.8 Å². The van der Waals surface area contributed by atoms with Crippen molar-refractivity contribution in [3.8, 4) is 5.75 Å². The molecule has 1 aromatic carbocycles. The van der Waals surface area contributed by atoms with Gasteiger partial charge in [0, 0.05) is 13.1 Å². The average molecular weight is 347 g/mol. The summed E-state index contributed by atoms with van der Waals surface area (Å²) < 4.78 is 5.66. The predicted octanol–water partition coefficient (Wildman–Crippen LogP) is 2.18. The zero-order valence-electron chi connectivity index (χ0n) is 15.4. The number of ether oxygens (including phenoxy) is 1. The quantitative estimate of drug-likeness (QED) is 0.774. The monoisotopic (exact) mass is 347 g/mol. The molecule has 6 nitrogen and oxygen atoms in total. The largest absolute Gasteiger partial charge is 0.491 e. The number of benzene rings is 1. The van der Waals surface area contributed by atoms with Crippen molar-refractivity contribution in [2.75, 3.05) is 38.6 Å². The van der Waals surface area contributed by atoms with Crippen LogP contribution in [0.25, 0.3) is 0 Å². The number of nitrogens with one attached hydrogen (secondary N) is 2. The van der Waals surface area contributed by atoms with Crippen LogP contribution in [-0.4, -0.2) is 50.0 Å². The third-order valence-corrected chi connectivity index (χ3v) is 4.33. The minimum absolute atomic E-state index is 0.401. The number of nitrogens with zero attached hydrogens (tertiary/aromatic N) is 1. The first-order valence-electron chi connectivity index (χ1n) is 9.00. The molecule has 1 heterocycles. The second-order valence-corrected chi connectivity index (χ2v) is 6.78. The van der Waals surface area contributed by atoms with E-state index in [4.69, 9.17) is 4.74 Å². The summed E-state index contributed by atoms with van der Waals surface area (Å²) in [6, 6.07) is 5.51. The molecule has 0 bridgehead atoms. The van der Waals surface area contributed by atoms with Gasteiger partial charge in [0.25, 0.3) is 0 Å². The molecule has 0 radical (unpaired) electrons. The van der Waals surface area contributed by atoms with E-state index >= 15 is 0 Å². The zero-order chi connectivity index (χ0) is 18.2. The van der Waals surface area contributed by atoms with E-state index in [9.17, 15) is 9.59 Å². The molecule has 1 aliphatic heterocycles. The Kier molecular flexibility index (Phi) is 7.25. The molecule has 25 heavy (non-hydrogen) atoms. The first kappa shape index (κ1) is 19.2. The molecule has 0 saturated carbocycles. The van der Waals surface area contributed by atoms with E-state index in [0.717, 1.165) is 37.9 Å². The molecule has 1 aliphatic rings. The number of amides is 2. The van der Waals surface area contributed by atoms with Gasteiger partial charge in [-0.3, -0.25) is 9.59 Å². The first-order valence-corrected chi connectivity index (χ1v) is 9.00. The van der Waals surface area contributed by atoms with Gasteiger partial charge in [0.05, 0.1) is 12.3 Å². The molecular weight excluding hydrogens is 318 g/mol. The fourth-order valence-corrected chi connectivity index (χ4v) is 3.00. The number of likely N-dealkylation sites (tertiary alicyclic amines) is 1. The Morgan fingerprint density at radius 1 is 1.32 bits per heavy atom. The molecule has 0 aromatic heterocycles. The van der Waals surface area contributed by atoms with E-state index in [-0.39, 0.29) is 0 Å². The maximum absolute atomic E-state index is 12.2. The standard InChI is InChI=1S/C19H29N3O3/c1-4-10-25-17-11-14(2)7-8-16(17)21-19(24)18(23)20-12-15-6-5-9-22(3)13-15/h7-8,11,15H,4-6,9-10,12-13H2,1-3H3,(H,20,23)(H,21,24)/t15-/m0/s1. The van der Waals surface area contributed by atoms with Gasteiger partial charge in [-0.1, -0.05) is 13.0 Å². The van der Waals surface area contributed by atoms with E-state index < -0.39 is 11.8 Å². The lowest BCUT2D eigenvalue weighted by Gasteiger charge is -2.29. The molecule has 0 spiro atoms. The van der Waals surface area contributed by atoms with Crippen LogP contribution in [0.5, 0.6) is 5.75 Å². The lowest BCUT2D eigenvalue weighted by molar-refractivity contribution is -0.136. The second-order valence-electron chi connectivity index (χ2n) is 6.78. The topological polar surface area (TPSA) is 70.7 Å². The highest BCUT2D eigenvalue weighted by molar-refractivity contribution is 6.39. The number of carbonyl (C=O) groups is 2. The summed E-state index contributed by atoms with van der Waals surface area (Å²) in [6.45, 7) is 7.12. The third kappa shape index (κ3) is 6.05. The van der Waals surface area contributed by atoms with Crippen molar-refractivity contribution in [1.82, 2.24) is 10.2 Å². The van der Waals surface area contributed by atoms with Crippen molar-refractivity contribution in [3.63, 3.8) is 0 Å². The van der Waals surface area contributed by atoms with Crippen LogP contribution in [0, 0.1) is 12.8 Å². The van der Waals surface area contributed by atoms with E-state index in [1.165, 1.54) is 0 Å². The van der Waals surface area contributed by atoms with Crippen molar-refractivity contribution in [2.45, 2.75) is 33.1 Å². The molecule has 2 N–H and O–H groups in total. The summed E-state index contributed by atoms with van der Waals surface area (Å²) in [5.74, 6) is -0.264. The Balaban J connectivity index is 1.89. The molecule has 138 valence electrons. The van der Waals surface area contributed by atoms with Crippen LogP contribution >= 0.6 is 0 Å². The lowest BCUT2D eigenvalue weighted by atomic mass is 9.98. The molecule has 0 aliphatic carbocycles. The number of carbonyl (C=O) groups excluding carboxylic acids is 2. The van der Waals surface area contributed by atoms with Crippen molar-refractivity contribution < 1.29 is 14.3 Å². The molecule has 0 unspecified atom stereocenters. The summed E-state index contributed by atoms with van der Waals surface area (Å²) in [4.78, 5) is 26.5. The minimum atomic E-state index is -0.658. The van der Waals surface area contributed by atoms with Crippen LogP contribution in [0.3, 0.4) is 0 Å². The first-order chi connectivity index (χ1) is 12.0. The highest BCUT2D eigenvalue weighted by Gasteiger charge is 2.20. The minimum Gasteiger partial charge on any atom is -0.491 e. The molecule has 2 rings (SSSR count). The van der Waals surface area contributed by atoms with E-state index in [0.29, 0.717) is 30.5 Å². The fraction of sp³-hybridized carbons (Fsp3) is 0.579. The Morgan fingerprint density at radius 3 is 2.84 bits per heavy atom. The zero-order valence-corrected chi connectivity index (χ0v) is 15.4. The highest BCUT2D eigenvalue weighted by Crippen LogP contribution is 2.26. The van der Waals surface area contributed by atoms with Crippen LogP contribution in [-0.2, 0) is 9.59 Å². The smallest absolute Gasteiger partial charge is 0.313 e. The summed E-state index contributed by atoms with van der Waals surface area (Å²) >= 11 is 0. The third-order valence-electron chi connectivity index (χ3n) is 4.33. The van der Waals surface area contributed by atoms with Crippen LogP contribution < -0.4 is 15.4 Å². The number of hydrogen-bond acceptors (Lipinski definition) is 4. The van der Waals surface area contributed by atoms with Gasteiger partial charge in [0.2, 0.25) is 0 Å². The highest BCUT2D eigenvalue weighted by atomic mass is 16.5. The Bertz CT molecular complexity index is 604. The molecule has 6 heteroatoms. The van der Waals surface area contributed by atoms with Crippen LogP contribution in [0.15, 0.2) is 18.2 Å². The fourth-order valence-electron chi connectivity index (χ4n) is 3.00. The molecule has 1 atom stereocenters. The van der Waals surface area contributed by atoms with Gasteiger partial charge in [-0.05, 0) is 63.4 Å². The number of anilines is 1. The average Bonchev–Trinajstić information content (AvgIpc) is 2.59.